The zero-order valence-electron chi connectivity index (χ0n) is 14.8. The molecule has 0 spiro atoms. The quantitative estimate of drug-likeness (QED) is 0.553. The van der Waals surface area contributed by atoms with Gasteiger partial charge in [0.25, 0.3) is 0 Å². The van der Waals surface area contributed by atoms with Crippen LogP contribution in [0.1, 0.15) is 11.3 Å². The zero-order chi connectivity index (χ0) is 18.6. The maximum Gasteiger partial charge on any atom is 0.125 e. The average Bonchev–Trinajstić information content (AvgIpc) is 3.21. The van der Waals surface area contributed by atoms with Crippen LogP contribution in [0.25, 0.3) is 22.2 Å². The van der Waals surface area contributed by atoms with Crippen LogP contribution in [-0.4, -0.2) is 17.3 Å². The minimum atomic E-state index is -0.302. The van der Waals surface area contributed by atoms with Crippen molar-refractivity contribution in [1.29, 1.82) is 0 Å². The first kappa shape index (κ1) is 17.2. The van der Waals surface area contributed by atoms with Gasteiger partial charge in [0.05, 0.1) is 24.0 Å². The summed E-state index contributed by atoms with van der Waals surface area (Å²) >= 11 is 0. The number of benzene rings is 2. The van der Waals surface area contributed by atoms with E-state index in [-0.39, 0.29) is 5.82 Å². The van der Waals surface area contributed by atoms with E-state index >= 15 is 0 Å². The number of pyridine rings is 1. The number of hydrogen-bond donors (Lipinski definition) is 1. The molecule has 0 unspecified atom stereocenters. The molecule has 0 bridgehead atoms. The molecule has 0 fully saturated rings. The number of fused-ring (bicyclic) bond motifs is 1. The molecule has 0 saturated heterocycles. The Morgan fingerprint density at radius 3 is 2.81 bits per heavy atom. The fourth-order valence-corrected chi connectivity index (χ4v) is 2.99. The van der Waals surface area contributed by atoms with Gasteiger partial charge in [0, 0.05) is 36.2 Å². The van der Waals surface area contributed by atoms with E-state index in [1.54, 1.807) is 19.4 Å². The summed E-state index contributed by atoms with van der Waals surface area (Å²) < 4.78 is 23.8. The van der Waals surface area contributed by atoms with Crippen molar-refractivity contribution < 1.29 is 13.7 Å². The van der Waals surface area contributed by atoms with Crippen LogP contribution < -0.4 is 10.1 Å². The SMILES string of the molecule is COc1cccc(-c2nc3cc(F)ccc3cc2CNCc2ccon2)c1. The number of nitrogens with zero attached hydrogens (tertiary/aromatic N) is 2. The van der Waals surface area contributed by atoms with Gasteiger partial charge >= 0.3 is 0 Å². The zero-order valence-corrected chi connectivity index (χ0v) is 14.8. The molecule has 6 heteroatoms. The lowest BCUT2D eigenvalue weighted by atomic mass is 10.0. The second-order valence-electron chi connectivity index (χ2n) is 6.16. The van der Waals surface area contributed by atoms with Crippen molar-refractivity contribution >= 4 is 10.9 Å². The second kappa shape index (κ2) is 7.55. The van der Waals surface area contributed by atoms with Gasteiger partial charge in [0.15, 0.2) is 0 Å². The summed E-state index contributed by atoms with van der Waals surface area (Å²) in [7, 11) is 1.63. The van der Waals surface area contributed by atoms with E-state index in [9.17, 15) is 4.39 Å². The van der Waals surface area contributed by atoms with Gasteiger partial charge in [-0.3, -0.25) is 0 Å². The third-order valence-electron chi connectivity index (χ3n) is 4.31. The number of halogens is 1. The van der Waals surface area contributed by atoms with E-state index in [0.717, 1.165) is 33.7 Å². The number of nitrogens with one attached hydrogen (secondary N) is 1. The summed E-state index contributed by atoms with van der Waals surface area (Å²) in [5.74, 6) is 0.443. The van der Waals surface area contributed by atoms with E-state index in [2.05, 4.69) is 10.5 Å². The van der Waals surface area contributed by atoms with Gasteiger partial charge in [0.2, 0.25) is 0 Å². The summed E-state index contributed by atoms with van der Waals surface area (Å²) in [6.07, 6.45) is 1.55. The summed E-state index contributed by atoms with van der Waals surface area (Å²) in [4.78, 5) is 4.73. The average molecular weight is 363 g/mol. The van der Waals surface area contributed by atoms with Crippen LogP contribution in [0, 0.1) is 5.82 Å². The summed E-state index contributed by atoms with van der Waals surface area (Å²) in [6, 6.07) is 16.2. The first-order chi connectivity index (χ1) is 13.2. The molecular formula is C21H18FN3O2. The van der Waals surface area contributed by atoms with E-state index < -0.39 is 0 Å². The number of rotatable bonds is 6. The molecule has 0 aliphatic rings. The highest BCUT2D eigenvalue weighted by molar-refractivity contribution is 5.83. The number of aromatic nitrogens is 2. The molecule has 1 N–H and O–H groups in total. The molecular weight excluding hydrogens is 345 g/mol. The second-order valence-corrected chi connectivity index (χ2v) is 6.16. The van der Waals surface area contributed by atoms with Crippen molar-refractivity contribution in [3.8, 4) is 17.0 Å². The molecule has 0 radical (unpaired) electrons. The lowest BCUT2D eigenvalue weighted by molar-refractivity contribution is 0.408. The predicted molar refractivity (Wildman–Crippen MR) is 101 cm³/mol. The smallest absolute Gasteiger partial charge is 0.125 e. The van der Waals surface area contributed by atoms with Crippen LogP contribution >= 0.6 is 0 Å². The number of hydrogen-bond acceptors (Lipinski definition) is 5. The molecule has 0 amide bonds. The normalized spacial score (nSPS) is 11.0. The molecule has 4 rings (SSSR count). The lowest BCUT2D eigenvalue weighted by Gasteiger charge is -2.13. The summed E-state index contributed by atoms with van der Waals surface area (Å²) in [5, 5.41) is 8.14. The van der Waals surface area contributed by atoms with Crippen LogP contribution in [0.3, 0.4) is 0 Å². The van der Waals surface area contributed by atoms with Crippen LogP contribution in [0.5, 0.6) is 5.75 Å². The Hall–Kier alpha value is -3.25. The van der Waals surface area contributed by atoms with Crippen LogP contribution in [0.15, 0.2) is 65.4 Å². The van der Waals surface area contributed by atoms with Gasteiger partial charge in [-0.25, -0.2) is 9.37 Å². The van der Waals surface area contributed by atoms with E-state index in [0.29, 0.717) is 18.6 Å². The van der Waals surface area contributed by atoms with Crippen molar-refractivity contribution in [3.63, 3.8) is 0 Å². The van der Waals surface area contributed by atoms with Crippen molar-refractivity contribution in [2.75, 3.05) is 7.11 Å². The Morgan fingerprint density at radius 2 is 2.00 bits per heavy atom. The maximum atomic E-state index is 13.7. The highest BCUT2D eigenvalue weighted by Crippen LogP contribution is 2.28. The van der Waals surface area contributed by atoms with Crippen LogP contribution in [0.4, 0.5) is 4.39 Å². The van der Waals surface area contributed by atoms with Crippen molar-refractivity contribution in [2.24, 2.45) is 0 Å². The molecule has 27 heavy (non-hydrogen) atoms. The highest BCUT2D eigenvalue weighted by atomic mass is 19.1. The van der Waals surface area contributed by atoms with Gasteiger partial charge in [-0.2, -0.15) is 0 Å². The Labute approximate surface area is 155 Å². The van der Waals surface area contributed by atoms with Gasteiger partial charge in [-0.1, -0.05) is 17.3 Å². The minimum Gasteiger partial charge on any atom is -0.497 e. The van der Waals surface area contributed by atoms with Gasteiger partial charge in [-0.15, -0.1) is 0 Å². The van der Waals surface area contributed by atoms with Crippen molar-refractivity contribution in [2.45, 2.75) is 13.1 Å². The fraction of sp³-hybridized carbons (Fsp3) is 0.143. The molecule has 0 aliphatic carbocycles. The summed E-state index contributed by atoms with van der Waals surface area (Å²) in [5.41, 5.74) is 4.16. The standard InChI is InChI=1S/C21H18FN3O2/c1-26-19-4-2-3-15(10-19)21-16(12-23-13-18-7-8-27-25-18)9-14-5-6-17(22)11-20(14)24-21/h2-11,23H,12-13H2,1H3. The van der Waals surface area contributed by atoms with Gasteiger partial charge in [0.1, 0.15) is 17.8 Å². The van der Waals surface area contributed by atoms with Crippen LogP contribution in [0.2, 0.25) is 0 Å². The summed E-state index contributed by atoms with van der Waals surface area (Å²) in [6.45, 7) is 1.16. The molecule has 2 heterocycles. The molecule has 0 saturated carbocycles. The van der Waals surface area contributed by atoms with Gasteiger partial charge in [-0.05, 0) is 35.9 Å². The monoisotopic (exact) mass is 363 g/mol. The largest absolute Gasteiger partial charge is 0.497 e. The molecule has 4 aromatic rings. The lowest BCUT2D eigenvalue weighted by Crippen LogP contribution is -2.14. The van der Waals surface area contributed by atoms with Crippen molar-refractivity contribution in [3.05, 3.63) is 77.9 Å². The molecule has 0 atom stereocenters. The van der Waals surface area contributed by atoms with Crippen molar-refractivity contribution in [1.82, 2.24) is 15.5 Å². The molecule has 0 aliphatic heterocycles. The molecule has 136 valence electrons. The highest BCUT2D eigenvalue weighted by Gasteiger charge is 2.11. The predicted octanol–water partition coefficient (Wildman–Crippen LogP) is 4.33. The topological polar surface area (TPSA) is 60.2 Å². The van der Waals surface area contributed by atoms with Gasteiger partial charge < -0.3 is 14.6 Å². The Morgan fingerprint density at radius 1 is 1.07 bits per heavy atom. The van der Waals surface area contributed by atoms with E-state index in [1.807, 2.05) is 36.4 Å². The Balaban J connectivity index is 1.73. The molecule has 2 aromatic heterocycles. The van der Waals surface area contributed by atoms with E-state index in [1.165, 1.54) is 12.1 Å². The number of methoxy groups -OCH3 is 1. The van der Waals surface area contributed by atoms with E-state index in [4.69, 9.17) is 14.2 Å². The van der Waals surface area contributed by atoms with Crippen LogP contribution in [-0.2, 0) is 13.1 Å². The third kappa shape index (κ3) is 3.80. The molecule has 2 aromatic carbocycles. The Kier molecular flexibility index (Phi) is 4.80. The fourth-order valence-electron chi connectivity index (χ4n) is 2.99. The first-order valence-electron chi connectivity index (χ1n) is 8.56. The molecule has 5 nitrogen and oxygen atoms in total. The maximum absolute atomic E-state index is 13.7. The Bertz CT molecular complexity index is 1060. The number of ether oxygens (including phenoxy) is 1. The minimum absolute atomic E-state index is 0.302. The first-order valence-corrected chi connectivity index (χ1v) is 8.56. The third-order valence-corrected chi connectivity index (χ3v) is 4.31.